The third-order valence-corrected chi connectivity index (χ3v) is 5.72. The topological polar surface area (TPSA) is 102 Å². The largest absolute Gasteiger partial charge is 0.494 e. The summed E-state index contributed by atoms with van der Waals surface area (Å²) in [6.45, 7) is 4.76. The Balaban J connectivity index is 1.47. The Kier molecular flexibility index (Phi) is 5.18. The second-order valence-corrected chi connectivity index (χ2v) is 7.90. The van der Waals surface area contributed by atoms with Gasteiger partial charge in [0.05, 0.1) is 29.3 Å². The number of nitrogens with zero attached hydrogens (tertiary/aromatic N) is 5. The molecule has 3 aromatic rings. The number of thiazole rings is 1. The van der Waals surface area contributed by atoms with Gasteiger partial charge in [-0.1, -0.05) is 16.5 Å². The van der Waals surface area contributed by atoms with Gasteiger partial charge in [0, 0.05) is 20.0 Å². The van der Waals surface area contributed by atoms with E-state index in [1.165, 1.54) is 16.2 Å². The number of fused-ring (bicyclic) bond motifs is 1. The lowest BCUT2D eigenvalue weighted by molar-refractivity contribution is -0.135. The second-order valence-electron chi connectivity index (χ2n) is 6.89. The summed E-state index contributed by atoms with van der Waals surface area (Å²) in [5.41, 5.74) is 0.805. The Bertz CT molecular complexity index is 1060. The number of aromatic nitrogens is 3. The van der Waals surface area contributed by atoms with Crippen LogP contribution >= 0.6 is 11.3 Å². The van der Waals surface area contributed by atoms with E-state index in [0.717, 1.165) is 16.0 Å². The molecule has 1 fully saturated rings. The van der Waals surface area contributed by atoms with E-state index >= 15 is 0 Å². The van der Waals surface area contributed by atoms with Crippen LogP contribution in [0.15, 0.2) is 22.7 Å². The minimum absolute atomic E-state index is 0.102. The molecule has 2 amide bonds. The monoisotopic (exact) mass is 415 g/mol. The minimum atomic E-state index is -0.428. The Morgan fingerprint density at radius 3 is 2.97 bits per heavy atom. The van der Waals surface area contributed by atoms with E-state index in [0.29, 0.717) is 30.0 Å². The number of hydrogen-bond donors (Lipinski definition) is 0. The number of rotatable bonds is 6. The van der Waals surface area contributed by atoms with Crippen LogP contribution in [0.1, 0.15) is 25.1 Å². The molecular weight excluding hydrogens is 394 g/mol. The van der Waals surface area contributed by atoms with Gasteiger partial charge in [-0.3, -0.25) is 14.5 Å². The fourth-order valence-corrected chi connectivity index (χ4v) is 4.34. The Morgan fingerprint density at radius 2 is 2.24 bits per heavy atom. The number of hydrogen-bond acceptors (Lipinski definition) is 8. The average molecular weight is 415 g/mol. The quantitative estimate of drug-likeness (QED) is 0.609. The number of anilines is 1. The highest BCUT2D eigenvalue weighted by Gasteiger charge is 2.38. The molecular formula is C19H21N5O4S. The molecule has 29 heavy (non-hydrogen) atoms. The number of carbonyl (C=O) groups excluding carboxylic acids is 2. The van der Waals surface area contributed by atoms with E-state index < -0.39 is 5.92 Å². The van der Waals surface area contributed by atoms with Gasteiger partial charge in [0.25, 0.3) is 0 Å². The number of ether oxygens (including phenoxy) is 1. The molecule has 1 aliphatic heterocycles. The first-order chi connectivity index (χ1) is 13.9. The number of benzene rings is 1. The van der Waals surface area contributed by atoms with Crippen LogP contribution in [0.4, 0.5) is 5.13 Å². The van der Waals surface area contributed by atoms with Crippen molar-refractivity contribution in [2.75, 3.05) is 25.1 Å². The van der Waals surface area contributed by atoms with Gasteiger partial charge in [-0.2, -0.15) is 4.98 Å². The first kappa shape index (κ1) is 19.3. The van der Waals surface area contributed by atoms with E-state index in [-0.39, 0.29) is 24.8 Å². The molecule has 3 heterocycles. The summed E-state index contributed by atoms with van der Waals surface area (Å²) in [7, 11) is 1.67. The van der Waals surface area contributed by atoms with Crippen LogP contribution in [-0.4, -0.2) is 52.0 Å². The van der Waals surface area contributed by atoms with Crippen LogP contribution in [0, 0.1) is 12.8 Å². The maximum Gasteiger partial charge on any atom is 0.246 e. The smallest absolute Gasteiger partial charge is 0.246 e. The standard InChI is InChI=1S/C19H21N5O4S/c1-4-27-13-5-6-14-15(8-13)29-19(21-14)24-9-12(7-17(24)25)18(26)23(3)10-16-20-11(2)22-28-16/h5-6,8,12H,4,7,9-10H2,1-3H3. The Labute approximate surface area is 171 Å². The second kappa shape index (κ2) is 7.78. The number of aryl methyl sites for hydroxylation is 1. The fourth-order valence-electron chi connectivity index (χ4n) is 3.32. The molecule has 1 aliphatic rings. The van der Waals surface area contributed by atoms with Crippen molar-refractivity contribution in [1.29, 1.82) is 0 Å². The van der Waals surface area contributed by atoms with Crippen LogP contribution in [0.25, 0.3) is 10.2 Å². The van der Waals surface area contributed by atoms with E-state index in [1.807, 2.05) is 25.1 Å². The van der Waals surface area contributed by atoms with Crippen molar-refractivity contribution in [3.05, 3.63) is 29.9 Å². The molecule has 1 saturated heterocycles. The zero-order valence-electron chi connectivity index (χ0n) is 16.4. The highest BCUT2D eigenvalue weighted by Crippen LogP contribution is 2.34. The molecule has 0 radical (unpaired) electrons. The molecule has 0 bridgehead atoms. The van der Waals surface area contributed by atoms with Crippen LogP contribution in [0.2, 0.25) is 0 Å². The lowest BCUT2D eigenvalue weighted by Crippen LogP contribution is -2.34. The van der Waals surface area contributed by atoms with Crippen molar-refractivity contribution in [1.82, 2.24) is 20.0 Å². The van der Waals surface area contributed by atoms with Gasteiger partial charge in [0.2, 0.25) is 17.7 Å². The molecule has 1 atom stereocenters. The van der Waals surface area contributed by atoms with Gasteiger partial charge < -0.3 is 14.2 Å². The van der Waals surface area contributed by atoms with E-state index in [4.69, 9.17) is 9.26 Å². The molecule has 0 aliphatic carbocycles. The molecule has 0 spiro atoms. The number of amides is 2. The van der Waals surface area contributed by atoms with Crippen LogP contribution in [-0.2, 0) is 16.1 Å². The maximum absolute atomic E-state index is 12.8. The van der Waals surface area contributed by atoms with Gasteiger partial charge >= 0.3 is 0 Å². The van der Waals surface area contributed by atoms with Crippen molar-refractivity contribution in [2.24, 2.45) is 5.92 Å². The Morgan fingerprint density at radius 1 is 1.41 bits per heavy atom. The minimum Gasteiger partial charge on any atom is -0.494 e. The SMILES string of the molecule is CCOc1ccc2nc(N3CC(C(=O)N(C)Cc4nc(C)no4)CC3=O)sc2c1. The fraction of sp³-hybridized carbons (Fsp3) is 0.421. The van der Waals surface area contributed by atoms with Crippen LogP contribution < -0.4 is 9.64 Å². The zero-order chi connectivity index (χ0) is 20.5. The van der Waals surface area contributed by atoms with Gasteiger partial charge in [-0.05, 0) is 32.0 Å². The number of carbonyl (C=O) groups is 2. The normalized spacial score (nSPS) is 16.6. The average Bonchev–Trinajstić information content (AvgIpc) is 3.39. The van der Waals surface area contributed by atoms with Crippen LogP contribution in [0.5, 0.6) is 5.75 Å². The van der Waals surface area contributed by atoms with Gasteiger partial charge in [-0.25, -0.2) is 4.98 Å². The third kappa shape index (κ3) is 3.93. The van der Waals surface area contributed by atoms with E-state index in [2.05, 4.69) is 15.1 Å². The highest BCUT2D eigenvalue weighted by molar-refractivity contribution is 7.22. The zero-order valence-corrected chi connectivity index (χ0v) is 17.2. The lowest BCUT2D eigenvalue weighted by atomic mass is 10.1. The molecule has 4 rings (SSSR count). The third-order valence-electron chi connectivity index (χ3n) is 4.68. The molecule has 1 aromatic carbocycles. The molecule has 10 heteroatoms. The summed E-state index contributed by atoms with van der Waals surface area (Å²) >= 11 is 1.42. The predicted molar refractivity (Wildman–Crippen MR) is 107 cm³/mol. The van der Waals surface area contributed by atoms with Crippen molar-refractivity contribution >= 4 is 38.5 Å². The summed E-state index contributed by atoms with van der Waals surface area (Å²) in [5, 5.41) is 4.33. The van der Waals surface area contributed by atoms with E-state index in [1.54, 1.807) is 18.9 Å². The predicted octanol–water partition coefficient (Wildman–Crippen LogP) is 2.40. The summed E-state index contributed by atoms with van der Waals surface area (Å²) in [6, 6.07) is 5.66. The van der Waals surface area contributed by atoms with Gasteiger partial charge in [-0.15, -0.1) is 0 Å². The lowest BCUT2D eigenvalue weighted by Gasteiger charge is -2.19. The molecule has 0 saturated carbocycles. The van der Waals surface area contributed by atoms with Crippen molar-refractivity contribution in [3.8, 4) is 5.75 Å². The van der Waals surface area contributed by atoms with Gasteiger partial charge in [0.15, 0.2) is 11.0 Å². The summed E-state index contributed by atoms with van der Waals surface area (Å²) in [6.07, 6.45) is 0.159. The summed E-state index contributed by atoms with van der Waals surface area (Å²) in [5.74, 6) is 1.00. The van der Waals surface area contributed by atoms with Crippen LogP contribution in [0.3, 0.4) is 0 Å². The summed E-state index contributed by atoms with van der Waals surface area (Å²) < 4.78 is 11.5. The first-order valence-electron chi connectivity index (χ1n) is 9.32. The summed E-state index contributed by atoms with van der Waals surface area (Å²) in [4.78, 5) is 37.2. The maximum atomic E-state index is 12.8. The highest BCUT2D eigenvalue weighted by atomic mass is 32.1. The van der Waals surface area contributed by atoms with Crippen molar-refractivity contribution in [2.45, 2.75) is 26.8 Å². The molecule has 2 aromatic heterocycles. The van der Waals surface area contributed by atoms with Gasteiger partial charge in [0.1, 0.15) is 5.75 Å². The van der Waals surface area contributed by atoms with E-state index in [9.17, 15) is 9.59 Å². The first-order valence-corrected chi connectivity index (χ1v) is 10.1. The molecule has 0 N–H and O–H groups in total. The molecule has 152 valence electrons. The molecule has 9 nitrogen and oxygen atoms in total. The Hall–Kier alpha value is -3.01. The molecule has 1 unspecified atom stereocenters. The van der Waals surface area contributed by atoms with Crippen molar-refractivity contribution < 1.29 is 18.8 Å². The van der Waals surface area contributed by atoms with Crippen molar-refractivity contribution in [3.63, 3.8) is 0 Å².